The molecule has 0 radical (unpaired) electrons. The lowest BCUT2D eigenvalue weighted by atomic mass is 10.3. The molecular formula is C8H13N3O. The Kier molecular flexibility index (Phi) is 1.77. The van der Waals surface area contributed by atoms with Gasteiger partial charge in [0.2, 0.25) is 0 Å². The van der Waals surface area contributed by atoms with Crippen molar-refractivity contribution in [3.8, 4) is 0 Å². The maximum atomic E-state index is 5.56. The molecule has 1 unspecified atom stereocenters. The van der Waals surface area contributed by atoms with E-state index in [1.165, 1.54) is 0 Å². The quantitative estimate of drug-likeness (QED) is 0.681. The van der Waals surface area contributed by atoms with Gasteiger partial charge >= 0.3 is 0 Å². The Hall–Kier alpha value is -1.03. The maximum Gasteiger partial charge on any atom is 0.142 e. The van der Waals surface area contributed by atoms with Crippen LogP contribution in [0.3, 0.4) is 0 Å². The first-order valence-corrected chi connectivity index (χ1v) is 4.20. The molecule has 0 saturated carbocycles. The summed E-state index contributed by atoms with van der Waals surface area (Å²) in [5.74, 6) is 1.50. The smallest absolute Gasteiger partial charge is 0.142 e. The zero-order chi connectivity index (χ0) is 8.55. The van der Waals surface area contributed by atoms with Crippen LogP contribution < -0.4 is 5.73 Å². The highest BCUT2D eigenvalue weighted by atomic mass is 16.5. The number of imidazole rings is 1. The number of nitrogens with two attached hydrogens (primary N) is 1. The topological polar surface area (TPSA) is 53.1 Å². The van der Waals surface area contributed by atoms with E-state index < -0.39 is 0 Å². The molecule has 2 heterocycles. The van der Waals surface area contributed by atoms with Crippen molar-refractivity contribution >= 4 is 5.82 Å². The maximum absolute atomic E-state index is 5.56. The van der Waals surface area contributed by atoms with Gasteiger partial charge in [0.25, 0.3) is 0 Å². The Bertz CT molecular complexity index is 276. The summed E-state index contributed by atoms with van der Waals surface area (Å²) in [4.78, 5) is 4.12. The standard InChI is InChI=1S/C8H13N3O/c1-6-10-7(9)5-11(6)8-3-2-4-12-8/h5,8H,2-4,9H2,1H3. The van der Waals surface area contributed by atoms with Crippen LogP contribution in [0, 0.1) is 6.92 Å². The first kappa shape index (κ1) is 7.61. The van der Waals surface area contributed by atoms with Gasteiger partial charge in [0.15, 0.2) is 0 Å². The van der Waals surface area contributed by atoms with Crippen LogP contribution in [0.2, 0.25) is 0 Å². The fraction of sp³-hybridized carbons (Fsp3) is 0.625. The Morgan fingerprint density at radius 3 is 3.08 bits per heavy atom. The zero-order valence-corrected chi connectivity index (χ0v) is 7.16. The predicted molar refractivity (Wildman–Crippen MR) is 45.6 cm³/mol. The highest BCUT2D eigenvalue weighted by Gasteiger charge is 2.18. The van der Waals surface area contributed by atoms with Gasteiger partial charge < -0.3 is 15.0 Å². The summed E-state index contributed by atoms with van der Waals surface area (Å²) in [5, 5.41) is 0. The summed E-state index contributed by atoms with van der Waals surface area (Å²) >= 11 is 0. The Morgan fingerprint density at radius 2 is 2.58 bits per heavy atom. The van der Waals surface area contributed by atoms with Crippen molar-refractivity contribution in [2.24, 2.45) is 0 Å². The van der Waals surface area contributed by atoms with Crippen molar-refractivity contribution < 1.29 is 4.74 Å². The second kappa shape index (κ2) is 2.79. The molecule has 0 aliphatic carbocycles. The van der Waals surface area contributed by atoms with Crippen LogP contribution in [-0.4, -0.2) is 16.2 Å². The molecule has 0 spiro atoms. The molecule has 66 valence electrons. The van der Waals surface area contributed by atoms with Gasteiger partial charge in [0, 0.05) is 6.61 Å². The van der Waals surface area contributed by atoms with Crippen molar-refractivity contribution in [2.75, 3.05) is 12.3 Å². The number of rotatable bonds is 1. The van der Waals surface area contributed by atoms with Crippen molar-refractivity contribution in [3.05, 3.63) is 12.0 Å². The van der Waals surface area contributed by atoms with Crippen LogP contribution in [0.5, 0.6) is 0 Å². The van der Waals surface area contributed by atoms with E-state index in [0.29, 0.717) is 5.82 Å². The third kappa shape index (κ3) is 1.18. The first-order chi connectivity index (χ1) is 5.77. The monoisotopic (exact) mass is 167 g/mol. The van der Waals surface area contributed by atoms with Crippen molar-refractivity contribution in [3.63, 3.8) is 0 Å². The van der Waals surface area contributed by atoms with Gasteiger partial charge in [-0.25, -0.2) is 4.98 Å². The van der Waals surface area contributed by atoms with E-state index in [2.05, 4.69) is 4.98 Å². The van der Waals surface area contributed by atoms with Crippen molar-refractivity contribution in [1.29, 1.82) is 0 Å². The van der Waals surface area contributed by atoms with Gasteiger partial charge in [-0.1, -0.05) is 0 Å². The minimum Gasteiger partial charge on any atom is -0.382 e. The second-order valence-corrected chi connectivity index (χ2v) is 3.09. The van der Waals surface area contributed by atoms with Gasteiger partial charge in [-0.2, -0.15) is 0 Å². The summed E-state index contributed by atoms with van der Waals surface area (Å²) in [6, 6.07) is 0. The van der Waals surface area contributed by atoms with Gasteiger partial charge in [0.05, 0.1) is 6.20 Å². The Morgan fingerprint density at radius 1 is 1.75 bits per heavy atom. The van der Waals surface area contributed by atoms with Crippen molar-refractivity contribution in [1.82, 2.24) is 9.55 Å². The molecule has 1 saturated heterocycles. The number of hydrogen-bond donors (Lipinski definition) is 1. The van der Waals surface area contributed by atoms with E-state index in [1.807, 2.05) is 17.7 Å². The summed E-state index contributed by atoms with van der Waals surface area (Å²) in [7, 11) is 0. The number of hydrogen-bond acceptors (Lipinski definition) is 3. The zero-order valence-electron chi connectivity index (χ0n) is 7.16. The van der Waals surface area contributed by atoms with Gasteiger partial charge in [-0.15, -0.1) is 0 Å². The van der Waals surface area contributed by atoms with Gasteiger partial charge in [-0.3, -0.25) is 0 Å². The molecule has 0 amide bonds. The van der Waals surface area contributed by atoms with E-state index in [4.69, 9.17) is 10.5 Å². The summed E-state index contributed by atoms with van der Waals surface area (Å²) < 4.78 is 7.50. The molecule has 1 aliphatic heterocycles. The molecule has 1 aromatic heterocycles. The summed E-state index contributed by atoms with van der Waals surface area (Å²) in [6.07, 6.45) is 4.19. The highest BCUT2D eigenvalue weighted by molar-refractivity contribution is 5.25. The Balaban J connectivity index is 2.25. The van der Waals surface area contributed by atoms with Crippen LogP contribution >= 0.6 is 0 Å². The first-order valence-electron chi connectivity index (χ1n) is 4.20. The number of anilines is 1. The number of aromatic nitrogens is 2. The minimum absolute atomic E-state index is 0.162. The molecule has 4 heteroatoms. The number of nitrogen functional groups attached to an aromatic ring is 1. The number of nitrogens with zero attached hydrogens (tertiary/aromatic N) is 2. The van der Waals surface area contributed by atoms with Crippen LogP contribution in [0.1, 0.15) is 24.9 Å². The predicted octanol–water partition coefficient (Wildman–Crippen LogP) is 1.08. The van der Waals surface area contributed by atoms with Crippen molar-refractivity contribution in [2.45, 2.75) is 26.0 Å². The minimum atomic E-state index is 0.162. The normalized spacial score (nSPS) is 23.2. The molecule has 1 aromatic rings. The van der Waals surface area contributed by atoms with Gasteiger partial charge in [-0.05, 0) is 19.8 Å². The number of ether oxygens (including phenoxy) is 1. The molecule has 2 rings (SSSR count). The van der Waals surface area contributed by atoms with E-state index >= 15 is 0 Å². The molecule has 4 nitrogen and oxygen atoms in total. The molecule has 0 bridgehead atoms. The lowest BCUT2D eigenvalue weighted by Crippen LogP contribution is -2.07. The summed E-state index contributed by atoms with van der Waals surface area (Å²) in [6.45, 7) is 2.79. The van der Waals surface area contributed by atoms with Crippen LogP contribution in [0.4, 0.5) is 5.82 Å². The third-order valence-electron chi connectivity index (χ3n) is 2.15. The number of aryl methyl sites for hydroxylation is 1. The Labute approximate surface area is 71.3 Å². The van der Waals surface area contributed by atoms with Crippen LogP contribution in [0.15, 0.2) is 6.20 Å². The molecule has 0 aromatic carbocycles. The van der Waals surface area contributed by atoms with E-state index in [0.717, 1.165) is 25.3 Å². The van der Waals surface area contributed by atoms with Crippen LogP contribution in [0.25, 0.3) is 0 Å². The fourth-order valence-electron chi connectivity index (χ4n) is 1.58. The lowest BCUT2D eigenvalue weighted by molar-refractivity contribution is 0.0550. The molecule has 1 fully saturated rings. The van der Waals surface area contributed by atoms with E-state index in [1.54, 1.807) is 0 Å². The molecule has 2 N–H and O–H groups in total. The van der Waals surface area contributed by atoms with Gasteiger partial charge in [0.1, 0.15) is 17.9 Å². The fourth-order valence-corrected chi connectivity index (χ4v) is 1.58. The molecule has 1 atom stereocenters. The second-order valence-electron chi connectivity index (χ2n) is 3.09. The highest BCUT2D eigenvalue weighted by Crippen LogP contribution is 2.24. The lowest BCUT2D eigenvalue weighted by Gasteiger charge is -2.11. The van der Waals surface area contributed by atoms with E-state index in [-0.39, 0.29) is 6.23 Å². The molecular weight excluding hydrogens is 154 g/mol. The summed E-state index contributed by atoms with van der Waals surface area (Å²) in [5.41, 5.74) is 5.56. The van der Waals surface area contributed by atoms with Crippen LogP contribution in [-0.2, 0) is 4.74 Å². The third-order valence-corrected chi connectivity index (χ3v) is 2.15. The average molecular weight is 167 g/mol. The van der Waals surface area contributed by atoms with E-state index in [9.17, 15) is 0 Å². The SMILES string of the molecule is Cc1nc(N)cn1C1CCCO1. The molecule has 1 aliphatic rings. The average Bonchev–Trinajstić information content (AvgIpc) is 2.58. The molecule has 12 heavy (non-hydrogen) atoms. The largest absolute Gasteiger partial charge is 0.382 e.